The summed E-state index contributed by atoms with van der Waals surface area (Å²) in [5.41, 5.74) is 2.08. The molecule has 0 aliphatic rings. The number of carbonyl (C=O) groups is 1. The topological polar surface area (TPSA) is 65.2 Å². The van der Waals surface area contributed by atoms with E-state index in [9.17, 15) is 4.79 Å². The maximum atomic E-state index is 11.5. The van der Waals surface area contributed by atoms with Gasteiger partial charge in [0, 0.05) is 12.5 Å². The van der Waals surface area contributed by atoms with Crippen LogP contribution in [0, 0.1) is 13.8 Å². The summed E-state index contributed by atoms with van der Waals surface area (Å²) in [5.74, 6) is 0.581. The number of esters is 1. The highest BCUT2D eigenvalue weighted by Gasteiger charge is 2.13. The van der Waals surface area contributed by atoms with E-state index in [-0.39, 0.29) is 5.97 Å². The largest absolute Gasteiger partial charge is 0.465 e. The zero-order valence-electron chi connectivity index (χ0n) is 9.85. The van der Waals surface area contributed by atoms with Gasteiger partial charge in [-0.2, -0.15) is 4.98 Å². The summed E-state index contributed by atoms with van der Waals surface area (Å²) in [6.45, 7) is 3.56. The fraction of sp³-hybridized carbons (Fsp3) is 0.250. The molecular weight excluding hydrogens is 220 g/mol. The highest BCUT2D eigenvalue weighted by molar-refractivity contribution is 5.92. The second-order valence-corrected chi connectivity index (χ2v) is 3.66. The lowest BCUT2D eigenvalue weighted by molar-refractivity contribution is 0.0600. The van der Waals surface area contributed by atoms with Crippen molar-refractivity contribution >= 4 is 5.97 Å². The molecule has 1 aromatic heterocycles. The molecule has 1 aromatic carbocycles. The third-order valence-corrected chi connectivity index (χ3v) is 2.43. The highest BCUT2D eigenvalue weighted by atomic mass is 16.5. The van der Waals surface area contributed by atoms with Crippen molar-refractivity contribution in [2.45, 2.75) is 13.8 Å². The number of methoxy groups -OCH3 is 1. The Labute approximate surface area is 98.4 Å². The van der Waals surface area contributed by atoms with Crippen LogP contribution < -0.4 is 0 Å². The lowest BCUT2D eigenvalue weighted by Crippen LogP contribution is -2.04. The van der Waals surface area contributed by atoms with Gasteiger partial charge in [-0.1, -0.05) is 17.3 Å². The smallest absolute Gasteiger partial charge is 0.338 e. The minimum Gasteiger partial charge on any atom is -0.465 e. The Morgan fingerprint density at radius 1 is 1.35 bits per heavy atom. The molecule has 0 bridgehead atoms. The molecule has 0 atom stereocenters. The first-order chi connectivity index (χ1) is 8.11. The molecule has 0 aliphatic carbocycles. The monoisotopic (exact) mass is 232 g/mol. The van der Waals surface area contributed by atoms with E-state index in [1.165, 1.54) is 7.11 Å². The van der Waals surface area contributed by atoms with E-state index in [2.05, 4.69) is 10.1 Å². The number of benzene rings is 1. The molecule has 2 aromatic rings. The predicted octanol–water partition coefficient (Wildman–Crippen LogP) is 2.14. The number of carbonyl (C=O) groups excluding carboxylic acids is 1. The number of nitrogens with zero attached hydrogens (tertiary/aromatic N) is 2. The van der Waals surface area contributed by atoms with Gasteiger partial charge in [-0.15, -0.1) is 0 Å². The Morgan fingerprint density at radius 3 is 2.71 bits per heavy atom. The van der Waals surface area contributed by atoms with Crippen molar-refractivity contribution < 1.29 is 14.1 Å². The number of hydrogen-bond acceptors (Lipinski definition) is 5. The summed E-state index contributed by atoms with van der Waals surface area (Å²) < 4.78 is 9.61. The van der Waals surface area contributed by atoms with Crippen molar-refractivity contribution in [3.63, 3.8) is 0 Å². The third-order valence-electron chi connectivity index (χ3n) is 2.43. The lowest BCUT2D eigenvalue weighted by atomic mass is 10.0. The summed E-state index contributed by atoms with van der Waals surface area (Å²) in [6.07, 6.45) is 0. The molecule has 5 heteroatoms. The molecular formula is C12H12N2O3. The van der Waals surface area contributed by atoms with E-state index in [0.717, 1.165) is 11.1 Å². The SMILES string of the molecule is COC(=O)c1cc(-c2noc(C)n2)ccc1C. The lowest BCUT2D eigenvalue weighted by Gasteiger charge is -2.04. The van der Waals surface area contributed by atoms with Gasteiger partial charge in [0.05, 0.1) is 12.7 Å². The van der Waals surface area contributed by atoms with Gasteiger partial charge in [0.1, 0.15) is 0 Å². The fourth-order valence-electron chi connectivity index (χ4n) is 1.51. The van der Waals surface area contributed by atoms with Crippen molar-refractivity contribution in [3.8, 4) is 11.4 Å². The Kier molecular flexibility index (Phi) is 2.91. The summed E-state index contributed by atoms with van der Waals surface area (Å²) in [5, 5.41) is 3.80. The predicted molar refractivity (Wildman–Crippen MR) is 60.5 cm³/mol. The molecule has 0 aliphatic heterocycles. The maximum absolute atomic E-state index is 11.5. The van der Waals surface area contributed by atoms with Gasteiger partial charge in [-0.3, -0.25) is 0 Å². The van der Waals surface area contributed by atoms with Gasteiger partial charge in [-0.25, -0.2) is 4.79 Å². The van der Waals surface area contributed by atoms with Crippen LogP contribution in [0.3, 0.4) is 0 Å². The Hall–Kier alpha value is -2.17. The minimum atomic E-state index is -0.371. The Balaban J connectivity index is 2.47. The molecule has 0 spiro atoms. The summed E-state index contributed by atoms with van der Waals surface area (Å²) in [7, 11) is 1.35. The first kappa shape index (κ1) is 11.3. The molecule has 0 saturated heterocycles. The third kappa shape index (κ3) is 2.18. The average Bonchev–Trinajstić information content (AvgIpc) is 2.75. The van der Waals surface area contributed by atoms with E-state index >= 15 is 0 Å². The second-order valence-electron chi connectivity index (χ2n) is 3.66. The molecule has 0 saturated carbocycles. The molecule has 17 heavy (non-hydrogen) atoms. The van der Waals surface area contributed by atoms with Gasteiger partial charge in [0.2, 0.25) is 11.7 Å². The Bertz CT molecular complexity index is 561. The number of rotatable bonds is 2. The van der Waals surface area contributed by atoms with Crippen LogP contribution in [0.4, 0.5) is 0 Å². The number of hydrogen-bond donors (Lipinski definition) is 0. The zero-order valence-corrected chi connectivity index (χ0v) is 9.85. The summed E-state index contributed by atoms with van der Waals surface area (Å²) in [4.78, 5) is 15.6. The highest BCUT2D eigenvalue weighted by Crippen LogP contribution is 2.20. The molecule has 2 rings (SSSR count). The molecule has 0 radical (unpaired) electrons. The van der Waals surface area contributed by atoms with Gasteiger partial charge in [-0.05, 0) is 18.6 Å². The van der Waals surface area contributed by atoms with Crippen LogP contribution in [0.2, 0.25) is 0 Å². The standard InChI is InChI=1S/C12H12N2O3/c1-7-4-5-9(6-10(7)12(15)16-3)11-13-8(2)17-14-11/h4-6H,1-3H3. The van der Waals surface area contributed by atoms with Gasteiger partial charge in [0.25, 0.3) is 0 Å². The van der Waals surface area contributed by atoms with Gasteiger partial charge < -0.3 is 9.26 Å². The summed E-state index contributed by atoms with van der Waals surface area (Å²) in [6, 6.07) is 5.37. The second kappa shape index (κ2) is 4.37. The van der Waals surface area contributed by atoms with Gasteiger partial charge >= 0.3 is 5.97 Å². The van der Waals surface area contributed by atoms with Crippen LogP contribution in [0.1, 0.15) is 21.8 Å². The van der Waals surface area contributed by atoms with E-state index in [1.807, 2.05) is 19.1 Å². The number of ether oxygens (including phenoxy) is 1. The normalized spacial score (nSPS) is 10.3. The van der Waals surface area contributed by atoms with Crippen LogP contribution in [0.25, 0.3) is 11.4 Å². The minimum absolute atomic E-state index is 0.371. The molecule has 5 nitrogen and oxygen atoms in total. The fourth-order valence-corrected chi connectivity index (χ4v) is 1.51. The molecule has 0 N–H and O–H groups in total. The Morgan fingerprint density at radius 2 is 2.12 bits per heavy atom. The van der Waals surface area contributed by atoms with Crippen LogP contribution in [0.15, 0.2) is 22.7 Å². The van der Waals surface area contributed by atoms with E-state index in [0.29, 0.717) is 17.3 Å². The van der Waals surface area contributed by atoms with Crippen LogP contribution in [-0.4, -0.2) is 23.2 Å². The quantitative estimate of drug-likeness (QED) is 0.742. The van der Waals surface area contributed by atoms with Crippen molar-refractivity contribution in [1.29, 1.82) is 0 Å². The first-order valence-electron chi connectivity index (χ1n) is 5.11. The van der Waals surface area contributed by atoms with Crippen LogP contribution in [0.5, 0.6) is 0 Å². The van der Waals surface area contributed by atoms with E-state index in [4.69, 9.17) is 9.26 Å². The van der Waals surface area contributed by atoms with E-state index < -0.39 is 0 Å². The zero-order chi connectivity index (χ0) is 12.4. The number of aryl methyl sites for hydroxylation is 2. The summed E-state index contributed by atoms with van der Waals surface area (Å²) >= 11 is 0. The maximum Gasteiger partial charge on any atom is 0.338 e. The van der Waals surface area contributed by atoms with Crippen molar-refractivity contribution in [3.05, 3.63) is 35.2 Å². The van der Waals surface area contributed by atoms with Crippen molar-refractivity contribution in [1.82, 2.24) is 10.1 Å². The molecule has 0 amide bonds. The van der Waals surface area contributed by atoms with Gasteiger partial charge in [0.15, 0.2) is 0 Å². The van der Waals surface area contributed by atoms with Crippen LogP contribution >= 0.6 is 0 Å². The number of aromatic nitrogens is 2. The van der Waals surface area contributed by atoms with Crippen molar-refractivity contribution in [2.75, 3.05) is 7.11 Å². The van der Waals surface area contributed by atoms with Crippen LogP contribution in [-0.2, 0) is 4.74 Å². The van der Waals surface area contributed by atoms with Crippen molar-refractivity contribution in [2.24, 2.45) is 0 Å². The molecule has 1 heterocycles. The van der Waals surface area contributed by atoms with E-state index in [1.54, 1.807) is 13.0 Å². The molecule has 0 unspecified atom stereocenters. The molecule has 88 valence electrons. The average molecular weight is 232 g/mol. The first-order valence-corrected chi connectivity index (χ1v) is 5.11. The molecule has 0 fully saturated rings.